The zero-order valence-corrected chi connectivity index (χ0v) is 15.2. The minimum Gasteiger partial charge on any atom is -0.381 e. The Kier molecular flexibility index (Phi) is 4.81. The van der Waals surface area contributed by atoms with Gasteiger partial charge < -0.3 is 9.64 Å². The lowest BCUT2D eigenvalue weighted by Gasteiger charge is -2.27. The van der Waals surface area contributed by atoms with Gasteiger partial charge in [-0.15, -0.1) is 0 Å². The monoisotopic (exact) mass is 305 g/mol. The SMILES string of the molecule is CN(CC1CCOC1)c1cc(C(C)(C)C)nc(C(C)(C)C)n1. The second-order valence-corrected chi connectivity index (χ2v) is 8.55. The Hall–Kier alpha value is -1.16. The maximum absolute atomic E-state index is 5.49. The predicted molar refractivity (Wildman–Crippen MR) is 91.6 cm³/mol. The van der Waals surface area contributed by atoms with E-state index in [2.05, 4.69) is 59.6 Å². The van der Waals surface area contributed by atoms with Crippen LogP contribution in [0.1, 0.15) is 59.5 Å². The van der Waals surface area contributed by atoms with Crippen LogP contribution in [-0.2, 0) is 15.6 Å². The van der Waals surface area contributed by atoms with E-state index in [0.717, 1.165) is 43.5 Å². The predicted octanol–water partition coefficient (Wildman–Crippen LogP) is 3.54. The number of rotatable bonds is 3. The Morgan fingerprint density at radius 1 is 1.14 bits per heavy atom. The molecule has 0 amide bonds. The lowest BCUT2D eigenvalue weighted by Crippen LogP contribution is -2.29. The van der Waals surface area contributed by atoms with Crippen molar-refractivity contribution >= 4 is 5.82 Å². The van der Waals surface area contributed by atoms with E-state index in [0.29, 0.717) is 5.92 Å². The van der Waals surface area contributed by atoms with Gasteiger partial charge in [0.1, 0.15) is 11.6 Å². The molecule has 1 aromatic heterocycles. The molecular weight excluding hydrogens is 274 g/mol. The summed E-state index contributed by atoms with van der Waals surface area (Å²) in [5.41, 5.74) is 1.08. The molecule has 1 aromatic rings. The van der Waals surface area contributed by atoms with Crippen LogP contribution in [-0.4, -0.2) is 36.8 Å². The fraction of sp³-hybridized carbons (Fsp3) is 0.778. The Balaban J connectivity index is 2.32. The molecule has 1 saturated heterocycles. The smallest absolute Gasteiger partial charge is 0.136 e. The number of nitrogens with zero attached hydrogens (tertiary/aromatic N) is 3. The first-order chi connectivity index (χ1) is 10.1. The molecule has 1 fully saturated rings. The maximum Gasteiger partial charge on any atom is 0.136 e. The van der Waals surface area contributed by atoms with E-state index >= 15 is 0 Å². The van der Waals surface area contributed by atoms with Gasteiger partial charge in [0.05, 0.1) is 12.3 Å². The quantitative estimate of drug-likeness (QED) is 0.856. The standard InChI is InChI=1S/C18H31N3O/c1-17(2,3)14-10-15(20-16(19-14)18(4,5)6)21(7)11-13-8-9-22-12-13/h10,13H,8-9,11-12H2,1-7H3. The van der Waals surface area contributed by atoms with Crippen LogP contribution in [0.4, 0.5) is 5.82 Å². The molecule has 1 aliphatic rings. The van der Waals surface area contributed by atoms with Crippen molar-refractivity contribution in [2.45, 2.75) is 58.8 Å². The number of hydrogen-bond acceptors (Lipinski definition) is 4. The molecule has 0 aliphatic carbocycles. The van der Waals surface area contributed by atoms with Gasteiger partial charge in [0.2, 0.25) is 0 Å². The molecule has 124 valence electrons. The molecule has 0 spiro atoms. The summed E-state index contributed by atoms with van der Waals surface area (Å²) in [7, 11) is 2.12. The normalized spacial score (nSPS) is 19.5. The molecular formula is C18H31N3O. The summed E-state index contributed by atoms with van der Waals surface area (Å²) in [6.07, 6.45) is 1.15. The van der Waals surface area contributed by atoms with Crippen molar-refractivity contribution in [3.8, 4) is 0 Å². The van der Waals surface area contributed by atoms with E-state index in [1.807, 2.05) is 0 Å². The molecule has 0 N–H and O–H groups in total. The summed E-state index contributed by atoms with van der Waals surface area (Å²) < 4.78 is 5.49. The topological polar surface area (TPSA) is 38.2 Å². The highest BCUT2D eigenvalue weighted by molar-refractivity contribution is 5.41. The van der Waals surface area contributed by atoms with Crippen molar-refractivity contribution in [2.75, 3.05) is 31.7 Å². The number of ether oxygens (including phenoxy) is 1. The van der Waals surface area contributed by atoms with Crippen molar-refractivity contribution in [3.63, 3.8) is 0 Å². The molecule has 1 unspecified atom stereocenters. The minimum atomic E-state index is -0.0483. The summed E-state index contributed by atoms with van der Waals surface area (Å²) in [6, 6.07) is 2.14. The molecule has 2 rings (SSSR count). The maximum atomic E-state index is 5.49. The zero-order valence-electron chi connectivity index (χ0n) is 15.2. The number of hydrogen-bond donors (Lipinski definition) is 0. The molecule has 0 radical (unpaired) electrons. The van der Waals surface area contributed by atoms with Crippen LogP contribution in [0.25, 0.3) is 0 Å². The van der Waals surface area contributed by atoms with E-state index in [4.69, 9.17) is 14.7 Å². The Bertz CT molecular complexity index is 476. The summed E-state index contributed by atoms with van der Waals surface area (Å²) in [4.78, 5) is 11.9. The van der Waals surface area contributed by atoms with Gasteiger partial charge >= 0.3 is 0 Å². The van der Waals surface area contributed by atoms with Crippen molar-refractivity contribution in [2.24, 2.45) is 5.92 Å². The van der Waals surface area contributed by atoms with Gasteiger partial charge in [0.15, 0.2) is 0 Å². The molecule has 1 atom stereocenters. The first-order valence-electron chi connectivity index (χ1n) is 8.26. The van der Waals surface area contributed by atoms with E-state index in [-0.39, 0.29) is 10.8 Å². The van der Waals surface area contributed by atoms with Crippen LogP contribution < -0.4 is 4.90 Å². The third kappa shape index (κ3) is 4.19. The second kappa shape index (κ2) is 6.15. The molecule has 4 nitrogen and oxygen atoms in total. The minimum absolute atomic E-state index is 0.0228. The summed E-state index contributed by atoms with van der Waals surface area (Å²) >= 11 is 0. The third-order valence-electron chi connectivity index (χ3n) is 4.10. The largest absolute Gasteiger partial charge is 0.381 e. The fourth-order valence-corrected chi connectivity index (χ4v) is 2.56. The fourth-order valence-electron chi connectivity index (χ4n) is 2.56. The third-order valence-corrected chi connectivity index (χ3v) is 4.10. The molecule has 2 heterocycles. The highest BCUT2D eigenvalue weighted by Gasteiger charge is 2.25. The van der Waals surface area contributed by atoms with Gasteiger partial charge in [-0.05, 0) is 6.42 Å². The van der Waals surface area contributed by atoms with Crippen LogP contribution in [0.2, 0.25) is 0 Å². The zero-order chi connectivity index (χ0) is 16.5. The lowest BCUT2D eigenvalue weighted by atomic mass is 9.90. The Morgan fingerprint density at radius 2 is 1.82 bits per heavy atom. The number of anilines is 1. The first kappa shape index (κ1) is 17.2. The molecule has 0 aromatic carbocycles. The average Bonchev–Trinajstić information content (AvgIpc) is 2.89. The van der Waals surface area contributed by atoms with Crippen LogP contribution in [0.5, 0.6) is 0 Å². The highest BCUT2D eigenvalue weighted by atomic mass is 16.5. The van der Waals surface area contributed by atoms with Crippen molar-refractivity contribution in [3.05, 3.63) is 17.6 Å². The molecule has 1 aliphatic heterocycles. The summed E-state index contributed by atoms with van der Waals surface area (Å²) in [5, 5.41) is 0. The van der Waals surface area contributed by atoms with Gasteiger partial charge in [0.25, 0.3) is 0 Å². The highest BCUT2D eigenvalue weighted by Crippen LogP contribution is 2.28. The van der Waals surface area contributed by atoms with Crippen molar-refractivity contribution < 1.29 is 4.74 Å². The lowest BCUT2D eigenvalue weighted by molar-refractivity contribution is 0.186. The van der Waals surface area contributed by atoms with E-state index < -0.39 is 0 Å². The van der Waals surface area contributed by atoms with Gasteiger partial charge in [-0.2, -0.15) is 0 Å². The van der Waals surface area contributed by atoms with E-state index in [9.17, 15) is 0 Å². The average molecular weight is 305 g/mol. The van der Waals surface area contributed by atoms with Crippen LogP contribution in [0.3, 0.4) is 0 Å². The Labute approximate surface area is 135 Å². The van der Waals surface area contributed by atoms with Gasteiger partial charge in [-0.3, -0.25) is 0 Å². The van der Waals surface area contributed by atoms with Crippen molar-refractivity contribution in [1.29, 1.82) is 0 Å². The van der Waals surface area contributed by atoms with Crippen LogP contribution >= 0.6 is 0 Å². The van der Waals surface area contributed by atoms with Crippen molar-refractivity contribution in [1.82, 2.24) is 9.97 Å². The molecule has 0 bridgehead atoms. The molecule has 0 saturated carbocycles. The van der Waals surface area contributed by atoms with E-state index in [1.54, 1.807) is 0 Å². The van der Waals surface area contributed by atoms with Gasteiger partial charge in [-0.1, -0.05) is 41.5 Å². The van der Waals surface area contributed by atoms with Gasteiger partial charge in [0, 0.05) is 43.0 Å². The summed E-state index contributed by atoms with van der Waals surface area (Å²) in [5.74, 6) is 2.55. The van der Waals surface area contributed by atoms with Gasteiger partial charge in [-0.25, -0.2) is 9.97 Å². The summed E-state index contributed by atoms with van der Waals surface area (Å²) in [6.45, 7) is 15.9. The van der Waals surface area contributed by atoms with Crippen LogP contribution in [0.15, 0.2) is 6.07 Å². The number of aromatic nitrogens is 2. The van der Waals surface area contributed by atoms with E-state index in [1.165, 1.54) is 0 Å². The molecule has 4 heteroatoms. The first-order valence-corrected chi connectivity index (χ1v) is 8.26. The second-order valence-electron chi connectivity index (χ2n) is 8.55. The Morgan fingerprint density at radius 3 is 2.32 bits per heavy atom. The molecule has 22 heavy (non-hydrogen) atoms. The van der Waals surface area contributed by atoms with Crippen LogP contribution in [0, 0.1) is 5.92 Å².